The summed E-state index contributed by atoms with van der Waals surface area (Å²) >= 11 is 1.69. The first-order valence-corrected chi connectivity index (χ1v) is 6.93. The summed E-state index contributed by atoms with van der Waals surface area (Å²) in [4.78, 5) is 0. The molecule has 1 N–H and O–H groups in total. The molecule has 2 heterocycles. The molecule has 90 valence electrons. The van der Waals surface area contributed by atoms with E-state index >= 15 is 0 Å². The van der Waals surface area contributed by atoms with E-state index in [2.05, 4.69) is 24.4 Å². The lowest BCUT2D eigenvalue weighted by molar-refractivity contribution is -0.0290. The summed E-state index contributed by atoms with van der Waals surface area (Å²) in [5, 5.41) is 13.6. The highest BCUT2D eigenvalue weighted by atomic mass is 32.1. The Bertz CT molecular complexity index is 520. The van der Waals surface area contributed by atoms with Gasteiger partial charge in [-0.05, 0) is 36.6 Å². The zero-order valence-electron chi connectivity index (χ0n) is 9.80. The van der Waals surface area contributed by atoms with Gasteiger partial charge in [-0.15, -0.1) is 11.3 Å². The van der Waals surface area contributed by atoms with Crippen molar-refractivity contribution in [1.29, 1.82) is 0 Å². The highest BCUT2D eigenvalue weighted by Gasteiger charge is 2.30. The second-order valence-electron chi connectivity index (χ2n) is 4.69. The normalized spacial score (nSPS) is 26.5. The number of hydrogen-bond acceptors (Lipinski definition) is 3. The molecule has 1 saturated heterocycles. The average molecular weight is 248 g/mol. The van der Waals surface area contributed by atoms with Crippen molar-refractivity contribution >= 4 is 21.4 Å². The van der Waals surface area contributed by atoms with Crippen LogP contribution in [0.3, 0.4) is 0 Å². The van der Waals surface area contributed by atoms with Gasteiger partial charge in [-0.2, -0.15) is 0 Å². The fraction of sp³-hybridized carbons (Fsp3) is 0.429. The maximum atomic E-state index is 10.4. The molecule has 2 aromatic rings. The number of aliphatic hydroxyl groups is 1. The van der Waals surface area contributed by atoms with Gasteiger partial charge < -0.3 is 9.84 Å². The fourth-order valence-electron chi connectivity index (χ4n) is 2.49. The first kappa shape index (κ1) is 11.2. The Hall–Kier alpha value is -0.900. The molecule has 3 rings (SSSR count). The van der Waals surface area contributed by atoms with Gasteiger partial charge in [0, 0.05) is 10.3 Å². The van der Waals surface area contributed by atoms with Crippen LogP contribution in [0.15, 0.2) is 29.6 Å². The number of fused-ring (bicyclic) bond motifs is 1. The quantitative estimate of drug-likeness (QED) is 0.881. The van der Waals surface area contributed by atoms with Crippen molar-refractivity contribution in [3.63, 3.8) is 0 Å². The van der Waals surface area contributed by atoms with Gasteiger partial charge in [0.2, 0.25) is 0 Å². The van der Waals surface area contributed by atoms with Crippen LogP contribution in [-0.4, -0.2) is 17.3 Å². The number of rotatable bonds is 2. The third-order valence-corrected chi connectivity index (χ3v) is 4.43. The molecule has 3 unspecified atom stereocenters. The van der Waals surface area contributed by atoms with Crippen LogP contribution >= 0.6 is 11.3 Å². The molecule has 0 bridgehead atoms. The van der Waals surface area contributed by atoms with E-state index in [0.29, 0.717) is 0 Å². The molecule has 1 fully saturated rings. The van der Waals surface area contributed by atoms with Crippen molar-refractivity contribution in [2.75, 3.05) is 0 Å². The van der Waals surface area contributed by atoms with E-state index in [4.69, 9.17) is 4.74 Å². The van der Waals surface area contributed by atoms with Crippen LogP contribution in [0.4, 0.5) is 0 Å². The first-order chi connectivity index (χ1) is 8.25. The van der Waals surface area contributed by atoms with Crippen molar-refractivity contribution in [3.8, 4) is 0 Å². The minimum atomic E-state index is -0.490. The monoisotopic (exact) mass is 248 g/mol. The van der Waals surface area contributed by atoms with Crippen molar-refractivity contribution in [3.05, 3.63) is 35.2 Å². The number of benzene rings is 1. The van der Waals surface area contributed by atoms with Crippen LogP contribution in [0.5, 0.6) is 0 Å². The van der Waals surface area contributed by atoms with Gasteiger partial charge in [0.05, 0.1) is 12.2 Å². The van der Waals surface area contributed by atoms with Crippen LogP contribution in [0, 0.1) is 0 Å². The van der Waals surface area contributed by atoms with E-state index in [1.165, 1.54) is 4.70 Å². The van der Waals surface area contributed by atoms with Gasteiger partial charge in [-0.3, -0.25) is 0 Å². The molecule has 1 aromatic carbocycles. The van der Waals surface area contributed by atoms with Crippen molar-refractivity contribution in [1.82, 2.24) is 0 Å². The molecular formula is C14H16O2S. The average Bonchev–Trinajstić information content (AvgIpc) is 2.94. The Morgan fingerprint density at radius 3 is 2.94 bits per heavy atom. The zero-order chi connectivity index (χ0) is 11.8. The largest absolute Gasteiger partial charge is 0.386 e. The summed E-state index contributed by atoms with van der Waals surface area (Å²) in [6, 6.07) is 8.21. The van der Waals surface area contributed by atoms with Crippen LogP contribution in [0.1, 0.15) is 31.4 Å². The molecule has 1 aliphatic rings. The van der Waals surface area contributed by atoms with E-state index in [1.807, 2.05) is 12.1 Å². The Morgan fingerprint density at radius 2 is 2.18 bits per heavy atom. The van der Waals surface area contributed by atoms with Crippen LogP contribution in [-0.2, 0) is 4.74 Å². The molecule has 0 radical (unpaired) electrons. The molecule has 2 nitrogen and oxygen atoms in total. The Kier molecular flexibility index (Phi) is 2.90. The standard InChI is InChI=1S/C14H16O2S/c1-9-6-7-12(16-9)14(15)11-8-17-13-5-3-2-4-10(11)13/h2-5,8-9,12,14-15H,6-7H2,1H3. The maximum Gasteiger partial charge on any atom is 0.107 e. The summed E-state index contributed by atoms with van der Waals surface area (Å²) in [6.45, 7) is 2.07. The van der Waals surface area contributed by atoms with Crippen LogP contribution in [0.2, 0.25) is 0 Å². The minimum absolute atomic E-state index is 0.0389. The summed E-state index contributed by atoms with van der Waals surface area (Å²) in [5.74, 6) is 0. The van der Waals surface area contributed by atoms with Crippen LogP contribution in [0.25, 0.3) is 10.1 Å². The lowest BCUT2D eigenvalue weighted by Crippen LogP contribution is -2.18. The topological polar surface area (TPSA) is 29.5 Å². The van der Waals surface area contributed by atoms with Gasteiger partial charge in [0.25, 0.3) is 0 Å². The smallest absolute Gasteiger partial charge is 0.107 e. The van der Waals surface area contributed by atoms with E-state index in [9.17, 15) is 5.11 Å². The highest BCUT2D eigenvalue weighted by molar-refractivity contribution is 7.17. The van der Waals surface area contributed by atoms with Crippen molar-refractivity contribution in [2.45, 2.75) is 38.1 Å². The molecule has 1 aliphatic heterocycles. The lowest BCUT2D eigenvalue weighted by Gasteiger charge is -2.18. The van der Waals surface area contributed by atoms with E-state index in [1.54, 1.807) is 11.3 Å². The van der Waals surface area contributed by atoms with E-state index in [0.717, 1.165) is 23.8 Å². The fourth-order valence-corrected chi connectivity index (χ4v) is 3.48. The second kappa shape index (κ2) is 4.41. The minimum Gasteiger partial charge on any atom is -0.386 e. The molecule has 3 heteroatoms. The molecule has 0 spiro atoms. The highest BCUT2D eigenvalue weighted by Crippen LogP contribution is 2.36. The second-order valence-corrected chi connectivity index (χ2v) is 5.61. The molecule has 3 atom stereocenters. The molecule has 0 saturated carbocycles. The Balaban J connectivity index is 1.93. The van der Waals surface area contributed by atoms with Crippen molar-refractivity contribution < 1.29 is 9.84 Å². The number of thiophene rings is 1. The number of aliphatic hydroxyl groups excluding tert-OH is 1. The Labute approximate surface area is 105 Å². The molecule has 1 aromatic heterocycles. The third-order valence-electron chi connectivity index (χ3n) is 3.45. The van der Waals surface area contributed by atoms with Gasteiger partial charge in [-0.1, -0.05) is 18.2 Å². The first-order valence-electron chi connectivity index (χ1n) is 6.05. The predicted octanol–water partition coefficient (Wildman–Crippen LogP) is 3.50. The molecule has 0 aliphatic carbocycles. The van der Waals surface area contributed by atoms with Crippen molar-refractivity contribution in [2.24, 2.45) is 0 Å². The van der Waals surface area contributed by atoms with Gasteiger partial charge in [-0.25, -0.2) is 0 Å². The van der Waals surface area contributed by atoms with Gasteiger partial charge in [0.1, 0.15) is 6.10 Å². The zero-order valence-corrected chi connectivity index (χ0v) is 10.6. The molecule has 17 heavy (non-hydrogen) atoms. The van der Waals surface area contributed by atoms with Gasteiger partial charge >= 0.3 is 0 Å². The van der Waals surface area contributed by atoms with E-state index in [-0.39, 0.29) is 12.2 Å². The predicted molar refractivity (Wildman–Crippen MR) is 70.4 cm³/mol. The number of hydrogen-bond donors (Lipinski definition) is 1. The molecule has 0 amide bonds. The maximum absolute atomic E-state index is 10.4. The number of ether oxygens (including phenoxy) is 1. The molecular weight excluding hydrogens is 232 g/mol. The summed E-state index contributed by atoms with van der Waals surface area (Å²) in [6.07, 6.45) is 1.75. The third kappa shape index (κ3) is 1.99. The lowest BCUT2D eigenvalue weighted by atomic mass is 10.0. The van der Waals surface area contributed by atoms with E-state index < -0.39 is 6.10 Å². The Morgan fingerprint density at radius 1 is 1.35 bits per heavy atom. The summed E-state index contributed by atoms with van der Waals surface area (Å²) in [7, 11) is 0. The summed E-state index contributed by atoms with van der Waals surface area (Å²) in [5.41, 5.74) is 1.02. The van der Waals surface area contributed by atoms with Crippen LogP contribution < -0.4 is 0 Å². The SMILES string of the molecule is CC1CCC(C(O)c2csc3ccccc23)O1. The summed E-state index contributed by atoms with van der Waals surface area (Å²) < 4.78 is 6.98. The van der Waals surface area contributed by atoms with Gasteiger partial charge in [0.15, 0.2) is 0 Å².